The molecule has 0 radical (unpaired) electrons. The number of aliphatic hydroxyl groups is 1. The summed E-state index contributed by atoms with van der Waals surface area (Å²) in [5, 5.41) is 10.1. The van der Waals surface area contributed by atoms with Gasteiger partial charge in [-0.3, -0.25) is 4.79 Å². The molecular formula is C24H27FN4O3. The molecule has 0 fully saturated rings. The fourth-order valence-electron chi connectivity index (χ4n) is 3.79. The highest BCUT2D eigenvalue weighted by molar-refractivity contribution is 5.94. The van der Waals surface area contributed by atoms with Crippen LogP contribution >= 0.6 is 0 Å². The Labute approximate surface area is 186 Å². The number of unbranched alkanes of at least 4 members (excludes halogenated alkanes) is 1. The van der Waals surface area contributed by atoms with E-state index in [9.17, 15) is 14.3 Å². The first-order chi connectivity index (χ1) is 15.2. The van der Waals surface area contributed by atoms with E-state index in [0.29, 0.717) is 36.0 Å². The Bertz CT molecular complexity index is 1170. The van der Waals surface area contributed by atoms with Gasteiger partial charge < -0.3 is 19.3 Å². The highest BCUT2D eigenvalue weighted by atomic mass is 19.1. The zero-order valence-corrected chi connectivity index (χ0v) is 18.7. The van der Waals surface area contributed by atoms with Crippen molar-refractivity contribution >= 4 is 5.91 Å². The van der Waals surface area contributed by atoms with Gasteiger partial charge in [0.1, 0.15) is 5.60 Å². The number of carbonyl (C=O) groups is 1. The summed E-state index contributed by atoms with van der Waals surface area (Å²) in [7, 11) is 0. The lowest BCUT2D eigenvalue weighted by atomic mass is 10.1. The molecule has 0 unspecified atom stereocenters. The second-order valence-corrected chi connectivity index (χ2v) is 8.53. The number of ether oxygens (including phenoxy) is 1. The third kappa shape index (κ3) is 4.10. The van der Waals surface area contributed by atoms with E-state index in [1.54, 1.807) is 43.0 Å². The van der Waals surface area contributed by atoms with Gasteiger partial charge in [-0.1, -0.05) is 19.4 Å². The molecule has 4 rings (SSSR count). The molecule has 3 heterocycles. The summed E-state index contributed by atoms with van der Waals surface area (Å²) in [6.45, 7) is 8.23. The molecule has 0 saturated heterocycles. The van der Waals surface area contributed by atoms with Gasteiger partial charge in [-0.2, -0.15) is 0 Å². The summed E-state index contributed by atoms with van der Waals surface area (Å²) in [5.74, 6) is -0.0449. The minimum Gasteiger partial charge on any atom is -0.436 e. The molecular weight excluding hydrogens is 411 g/mol. The van der Waals surface area contributed by atoms with Crippen LogP contribution in [-0.4, -0.2) is 37.0 Å². The molecule has 0 saturated carbocycles. The van der Waals surface area contributed by atoms with E-state index >= 15 is 0 Å². The van der Waals surface area contributed by atoms with Gasteiger partial charge in [0.25, 0.3) is 5.91 Å². The number of aryl methyl sites for hydroxylation is 1. The van der Waals surface area contributed by atoms with Crippen molar-refractivity contribution in [2.24, 2.45) is 0 Å². The maximum Gasteiger partial charge on any atom is 0.291 e. The molecule has 1 aliphatic heterocycles. The van der Waals surface area contributed by atoms with Crippen molar-refractivity contribution in [3.8, 4) is 22.9 Å². The van der Waals surface area contributed by atoms with Crippen LogP contribution in [0.3, 0.4) is 0 Å². The Balaban J connectivity index is 1.61. The van der Waals surface area contributed by atoms with E-state index < -0.39 is 11.4 Å². The number of amides is 1. The zero-order valence-electron chi connectivity index (χ0n) is 18.7. The average Bonchev–Trinajstić information content (AvgIpc) is 3.22. The van der Waals surface area contributed by atoms with Crippen LogP contribution in [0.15, 0.2) is 36.4 Å². The molecule has 7 nitrogen and oxygen atoms in total. The number of fused-ring (bicyclic) bond motifs is 1. The predicted octanol–water partition coefficient (Wildman–Crippen LogP) is 4.63. The second-order valence-electron chi connectivity index (χ2n) is 8.53. The summed E-state index contributed by atoms with van der Waals surface area (Å²) in [6.07, 6.45) is 1.92. The smallest absolute Gasteiger partial charge is 0.291 e. The lowest BCUT2D eigenvalue weighted by Gasteiger charge is -2.17. The Morgan fingerprint density at radius 1 is 1.22 bits per heavy atom. The molecule has 3 aromatic rings. The van der Waals surface area contributed by atoms with Crippen LogP contribution in [0.4, 0.5) is 4.39 Å². The summed E-state index contributed by atoms with van der Waals surface area (Å²) >= 11 is 0. The molecule has 8 heteroatoms. The summed E-state index contributed by atoms with van der Waals surface area (Å²) in [5.41, 5.74) is 1.31. The first-order valence-corrected chi connectivity index (χ1v) is 10.7. The fraction of sp³-hybridized carbons (Fsp3) is 0.375. The third-order valence-corrected chi connectivity index (χ3v) is 5.48. The van der Waals surface area contributed by atoms with E-state index in [1.807, 2.05) is 11.5 Å². The number of carbonyl (C=O) groups excluding carboxylic acids is 1. The van der Waals surface area contributed by atoms with Gasteiger partial charge in [-0.25, -0.2) is 14.4 Å². The Morgan fingerprint density at radius 3 is 2.69 bits per heavy atom. The third-order valence-electron chi connectivity index (χ3n) is 5.48. The SMILES string of the molecule is CCCCN1Cn2c(nc(C)c2-c2ccc(Oc3cccc(C(C)(C)O)n3)c(F)c2)C1=O. The van der Waals surface area contributed by atoms with Crippen LogP contribution in [0.2, 0.25) is 0 Å². The summed E-state index contributed by atoms with van der Waals surface area (Å²) < 4.78 is 22.4. The van der Waals surface area contributed by atoms with Gasteiger partial charge in [-0.15, -0.1) is 0 Å². The molecule has 1 aliphatic rings. The molecule has 32 heavy (non-hydrogen) atoms. The van der Waals surface area contributed by atoms with Gasteiger partial charge in [0, 0.05) is 18.2 Å². The Kier molecular flexibility index (Phi) is 5.73. The van der Waals surface area contributed by atoms with Gasteiger partial charge in [-0.05, 0) is 51.5 Å². The van der Waals surface area contributed by atoms with Gasteiger partial charge >= 0.3 is 0 Å². The highest BCUT2D eigenvalue weighted by Gasteiger charge is 2.32. The van der Waals surface area contributed by atoms with Crippen molar-refractivity contribution in [2.45, 2.75) is 52.8 Å². The molecule has 1 amide bonds. The van der Waals surface area contributed by atoms with E-state index in [0.717, 1.165) is 18.5 Å². The first-order valence-electron chi connectivity index (χ1n) is 10.7. The topological polar surface area (TPSA) is 80.5 Å². The van der Waals surface area contributed by atoms with Crippen molar-refractivity contribution in [3.63, 3.8) is 0 Å². The lowest BCUT2D eigenvalue weighted by molar-refractivity contribution is 0.0731. The molecule has 2 aromatic heterocycles. The maximum atomic E-state index is 15.0. The van der Waals surface area contributed by atoms with Crippen molar-refractivity contribution in [2.75, 3.05) is 6.54 Å². The molecule has 0 bridgehead atoms. The van der Waals surface area contributed by atoms with E-state index in [-0.39, 0.29) is 17.5 Å². The normalized spacial score (nSPS) is 13.6. The molecule has 0 aliphatic carbocycles. The van der Waals surface area contributed by atoms with E-state index in [4.69, 9.17) is 4.74 Å². The maximum absolute atomic E-state index is 15.0. The number of imidazole rings is 1. The predicted molar refractivity (Wildman–Crippen MR) is 118 cm³/mol. The van der Waals surface area contributed by atoms with E-state index in [2.05, 4.69) is 16.9 Å². The average molecular weight is 439 g/mol. The number of benzene rings is 1. The number of aromatic nitrogens is 3. The largest absolute Gasteiger partial charge is 0.436 e. The molecule has 0 atom stereocenters. The highest BCUT2D eigenvalue weighted by Crippen LogP contribution is 2.33. The van der Waals surface area contributed by atoms with Gasteiger partial charge in [0.15, 0.2) is 11.6 Å². The molecule has 1 aromatic carbocycles. The number of hydrogen-bond acceptors (Lipinski definition) is 5. The lowest BCUT2D eigenvalue weighted by Crippen LogP contribution is -2.26. The molecule has 0 spiro atoms. The number of halogens is 1. The summed E-state index contributed by atoms with van der Waals surface area (Å²) in [4.78, 5) is 23.1. The fourth-order valence-corrected chi connectivity index (χ4v) is 3.79. The summed E-state index contributed by atoms with van der Waals surface area (Å²) in [6, 6.07) is 9.64. The van der Waals surface area contributed by atoms with Gasteiger partial charge in [0.2, 0.25) is 11.7 Å². The van der Waals surface area contributed by atoms with Crippen LogP contribution in [-0.2, 0) is 12.3 Å². The zero-order chi connectivity index (χ0) is 23.0. The molecule has 168 valence electrons. The van der Waals surface area contributed by atoms with Crippen LogP contribution < -0.4 is 4.74 Å². The van der Waals surface area contributed by atoms with Crippen molar-refractivity contribution in [3.05, 3.63) is 59.4 Å². The number of rotatable bonds is 7. The van der Waals surface area contributed by atoms with Crippen LogP contribution in [0.1, 0.15) is 55.6 Å². The van der Waals surface area contributed by atoms with Crippen LogP contribution in [0.25, 0.3) is 11.3 Å². The number of pyridine rings is 1. The van der Waals surface area contributed by atoms with Crippen LogP contribution in [0, 0.1) is 12.7 Å². The van der Waals surface area contributed by atoms with E-state index in [1.165, 1.54) is 12.1 Å². The van der Waals surface area contributed by atoms with Crippen molar-refractivity contribution < 1.29 is 19.0 Å². The minimum atomic E-state index is -1.13. The minimum absolute atomic E-state index is 0.0219. The Hall–Kier alpha value is -3.26. The van der Waals surface area contributed by atoms with Crippen molar-refractivity contribution in [1.29, 1.82) is 0 Å². The standard InChI is InChI=1S/C24H27FN4O3/c1-5-6-12-28-14-29-21(15(2)26-22(29)23(28)30)16-10-11-18(17(25)13-16)32-20-9-7-8-19(27-20)24(3,4)31/h7-11,13,31H,5-6,12,14H2,1-4H3. The second kappa shape index (κ2) is 8.35. The Morgan fingerprint density at radius 2 is 2.00 bits per heavy atom. The van der Waals surface area contributed by atoms with Crippen LogP contribution in [0.5, 0.6) is 11.6 Å². The number of nitrogens with zero attached hydrogens (tertiary/aromatic N) is 4. The monoisotopic (exact) mass is 438 g/mol. The van der Waals surface area contributed by atoms with Gasteiger partial charge in [0.05, 0.1) is 23.8 Å². The van der Waals surface area contributed by atoms with Crippen molar-refractivity contribution in [1.82, 2.24) is 19.4 Å². The molecule has 1 N–H and O–H groups in total. The number of hydrogen-bond donors (Lipinski definition) is 1. The quantitative estimate of drug-likeness (QED) is 0.582. The first kappa shape index (κ1) is 22.0.